The van der Waals surface area contributed by atoms with Crippen molar-refractivity contribution >= 4 is 16.8 Å². The molecule has 0 aliphatic carbocycles. The van der Waals surface area contributed by atoms with Gasteiger partial charge < -0.3 is 4.90 Å². The molecule has 1 aliphatic rings. The lowest BCUT2D eigenvalue weighted by Crippen LogP contribution is -2.34. The van der Waals surface area contributed by atoms with Crippen LogP contribution in [0.2, 0.25) is 0 Å². The molecule has 0 radical (unpaired) electrons. The summed E-state index contributed by atoms with van der Waals surface area (Å²) in [6.07, 6.45) is 6.37. The molecule has 2 N–H and O–H groups in total. The number of carbonyl (C=O) groups is 1. The van der Waals surface area contributed by atoms with Crippen LogP contribution in [0.4, 0.5) is 4.39 Å². The first kappa shape index (κ1) is 24.0. The average Bonchev–Trinajstić information content (AvgIpc) is 3.30. The number of fused-ring (bicyclic) bond motifs is 1. The highest BCUT2D eigenvalue weighted by atomic mass is 19.1. The van der Waals surface area contributed by atoms with E-state index in [1.807, 2.05) is 25.1 Å². The summed E-state index contributed by atoms with van der Waals surface area (Å²) in [6.45, 7) is 2.56. The van der Waals surface area contributed by atoms with Crippen molar-refractivity contribution in [1.29, 1.82) is 0 Å². The Labute approximate surface area is 199 Å². The van der Waals surface area contributed by atoms with Gasteiger partial charge in [0.05, 0.1) is 17.2 Å². The largest absolute Gasteiger partial charge is 0.344 e. The van der Waals surface area contributed by atoms with Gasteiger partial charge >= 0.3 is 0 Å². The average molecular weight is 466 g/mol. The molecule has 8 heteroatoms. The Kier molecular flexibility index (Phi) is 7.70. The van der Waals surface area contributed by atoms with E-state index < -0.39 is 0 Å². The molecule has 7 nitrogen and oxygen atoms in total. The molecule has 4 rings (SSSR count). The molecule has 2 heterocycles. The Morgan fingerprint density at radius 1 is 1.18 bits per heavy atom. The Balaban J connectivity index is 1.18. The first-order chi connectivity index (χ1) is 16.4. The minimum atomic E-state index is -0.210. The van der Waals surface area contributed by atoms with Crippen molar-refractivity contribution in [3.05, 3.63) is 76.1 Å². The number of benzene rings is 2. The monoisotopic (exact) mass is 465 g/mol. The predicted molar refractivity (Wildman–Crippen MR) is 131 cm³/mol. The van der Waals surface area contributed by atoms with E-state index in [-0.39, 0.29) is 29.9 Å². The van der Waals surface area contributed by atoms with Gasteiger partial charge in [0.2, 0.25) is 5.91 Å². The molecule has 180 valence electrons. The summed E-state index contributed by atoms with van der Waals surface area (Å²) >= 11 is 0. The maximum Gasteiger partial charge on any atom is 0.261 e. The molecular weight excluding hydrogens is 433 g/mol. The van der Waals surface area contributed by atoms with Gasteiger partial charge in [-0.05, 0) is 55.5 Å². The quantitative estimate of drug-likeness (QED) is 0.473. The second-order valence-electron chi connectivity index (χ2n) is 9.14. The van der Waals surface area contributed by atoms with Gasteiger partial charge in [-0.2, -0.15) is 0 Å². The van der Waals surface area contributed by atoms with Crippen LogP contribution < -0.4 is 16.4 Å². The highest BCUT2D eigenvalue weighted by Crippen LogP contribution is 2.25. The highest BCUT2D eigenvalue weighted by molar-refractivity contribution is 5.81. The van der Waals surface area contributed by atoms with E-state index >= 15 is 0 Å². The van der Waals surface area contributed by atoms with Crippen LogP contribution in [-0.4, -0.2) is 40.0 Å². The number of hydrogen-bond acceptors (Lipinski definition) is 5. The molecule has 0 saturated carbocycles. The lowest BCUT2D eigenvalue weighted by atomic mass is 9.99. The van der Waals surface area contributed by atoms with Gasteiger partial charge in [0.1, 0.15) is 12.4 Å². The SMILES string of the molecule is Cc1cccc2c(=O)n(CC(=O)N(C)CCCCCC3CC(c4cccc(F)c4)NN3)cnc12. The standard InChI is InChI=1S/C26H32FN5O2/c1-18-8-6-12-22-25(18)28-17-32(26(22)34)16-24(33)31(2)13-5-3-4-11-21-15-23(30-29-21)19-9-7-10-20(27)14-19/h6-10,12,14,17,21,23,29-30H,3-5,11,13,15-16H2,1-2H3. The Bertz CT molecular complexity index is 1210. The summed E-state index contributed by atoms with van der Waals surface area (Å²) in [5, 5.41) is 0.535. The zero-order chi connectivity index (χ0) is 24.1. The van der Waals surface area contributed by atoms with Crippen LogP contribution >= 0.6 is 0 Å². The van der Waals surface area contributed by atoms with Crippen molar-refractivity contribution in [1.82, 2.24) is 25.3 Å². The fraction of sp³-hybridized carbons (Fsp3) is 0.423. The number of para-hydroxylation sites is 1. The van der Waals surface area contributed by atoms with Crippen LogP contribution in [0.5, 0.6) is 0 Å². The van der Waals surface area contributed by atoms with Crippen LogP contribution in [0, 0.1) is 12.7 Å². The van der Waals surface area contributed by atoms with Crippen molar-refractivity contribution in [2.45, 2.75) is 57.7 Å². The third-order valence-corrected chi connectivity index (χ3v) is 6.57. The summed E-state index contributed by atoms with van der Waals surface area (Å²) < 4.78 is 14.8. The van der Waals surface area contributed by atoms with Crippen molar-refractivity contribution in [2.75, 3.05) is 13.6 Å². The van der Waals surface area contributed by atoms with Crippen molar-refractivity contribution in [3.63, 3.8) is 0 Å². The Morgan fingerprint density at radius 2 is 2.00 bits per heavy atom. The molecule has 1 fully saturated rings. The summed E-state index contributed by atoms with van der Waals surface area (Å²) in [5.74, 6) is -0.311. The fourth-order valence-corrected chi connectivity index (χ4v) is 4.51. The molecule has 2 unspecified atom stereocenters. The number of nitrogens with one attached hydrogen (secondary N) is 2. The second-order valence-corrected chi connectivity index (χ2v) is 9.14. The van der Waals surface area contributed by atoms with Crippen LogP contribution in [0.3, 0.4) is 0 Å². The van der Waals surface area contributed by atoms with E-state index in [9.17, 15) is 14.0 Å². The van der Waals surface area contributed by atoms with E-state index in [2.05, 4.69) is 15.8 Å². The van der Waals surface area contributed by atoms with Gasteiger partial charge in [-0.15, -0.1) is 0 Å². The number of rotatable bonds is 9. The van der Waals surface area contributed by atoms with Crippen molar-refractivity contribution in [3.8, 4) is 0 Å². The third kappa shape index (κ3) is 5.69. The van der Waals surface area contributed by atoms with Crippen LogP contribution in [0.25, 0.3) is 10.9 Å². The lowest BCUT2D eigenvalue weighted by Gasteiger charge is -2.18. The number of amides is 1. The molecule has 1 amide bonds. The van der Waals surface area contributed by atoms with Crippen LogP contribution in [0.1, 0.15) is 49.3 Å². The molecule has 0 spiro atoms. The lowest BCUT2D eigenvalue weighted by molar-refractivity contribution is -0.130. The maximum absolute atomic E-state index is 13.4. The number of nitrogens with zero attached hydrogens (tertiary/aromatic N) is 3. The topological polar surface area (TPSA) is 79.3 Å². The molecule has 1 saturated heterocycles. The number of carbonyl (C=O) groups excluding carboxylic acids is 1. The second kappa shape index (κ2) is 10.9. The summed E-state index contributed by atoms with van der Waals surface area (Å²) in [4.78, 5) is 31.4. The first-order valence-corrected chi connectivity index (χ1v) is 11.9. The third-order valence-electron chi connectivity index (χ3n) is 6.57. The van der Waals surface area contributed by atoms with Gasteiger partial charge in [0.15, 0.2) is 0 Å². The molecule has 3 aromatic rings. The number of likely N-dealkylation sites (N-methyl/N-ethyl adjacent to an activating group) is 1. The molecule has 1 aliphatic heterocycles. The minimum absolute atomic E-state index is 0.00858. The van der Waals surface area contributed by atoms with Crippen molar-refractivity contribution in [2.24, 2.45) is 0 Å². The van der Waals surface area contributed by atoms with Gasteiger partial charge in [-0.1, -0.05) is 37.1 Å². The smallest absolute Gasteiger partial charge is 0.261 e. The number of hydrogen-bond donors (Lipinski definition) is 2. The number of aromatic nitrogens is 2. The number of halogens is 1. The molecule has 1 aromatic heterocycles. The maximum atomic E-state index is 13.4. The molecule has 2 aromatic carbocycles. The van der Waals surface area contributed by atoms with Crippen LogP contribution in [-0.2, 0) is 11.3 Å². The molecule has 34 heavy (non-hydrogen) atoms. The van der Waals surface area contributed by atoms with Gasteiger partial charge in [0.25, 0.3) is 5.56 Å². The van der Waals surface area contributed by atoms with E-state index in [0.29, 0.717) is 23.5 Å². The number of hydrazine groups is 1. The van der Waals surface area contributed by atoms with Gasteiger partial charge in [0, 0.05) is 25.7 Å². The first-order valence-electron chi connectivity index (χ1n) is 11.9. The molecular formula is C26H32FN5O2. The van der Waals surface area contributed by atoms with E-state index in [0.717, 1.165) is 43.2 Å². The van der Waals surface area contributed by atoms with Crippen LogP contribution in [0.15, 0.2) is 53.6 Å². The fourth-order valence-electron chi connectivity index (χ4n) is 4.51. The minimum Gasteiger partial charge on any atom is -0.344 e. The normalized spacial score (nSPS) is 17.9. The Morgan fingerprint density at radius 3 is 2.82 bits per heavy atom. The summed E-state index contributed by atoms with van der Waals surface area (Å²) in [7, 11) is 1.78. The van der Waals surface area contributed by atoms with E-state index in [1.54, 1.807) is 30.1 Å². The number of unbranched alkanes of at least 4 members (excludes halogenated alkanes) is 2. The highest BCUT2D eigenvalue weighted by Gasteiger charge is 2.24. The summed E-state index contributed by atoms with van der Waals surface area (Å²) in [6, 6.07) is 12.7. The Hall–Kier alpha value is -3.10. The van der Waals surface area contributed by atoms with Gasteiger partial charge in [-0.3, -0.25) is 25.0 Å². The van der Waals surface area contributed by atoms with E-state index in [1.165, 1.54) is 17.0 Å². The summed E-state index contributed by atoms with van der Waals surface area (Å²) in [5.41, 5.74) is 8.98. The van der Waals surface area contributed by atoms with E-state index in [4.69, 9.17) is 0 Å². The number of aryl methyl sites for hydroxylation is 1. The van der Waals surface area contributed by atoms with Crippen molar-refractivity contribution < 1.29 is 9.18 Å². The molecule has 0 bridgehead atoms. The zero-order valence-corrected chi connectivity index (χ0v) is 19.8. The predicted octanol–water partition coefficient (Wildman–Crippen LogP) is 3.47. The van der Waals surface area contributed by atoms with Gasteiger partial charge in [-0.25, -0.2) is 9.37 Å². The molecule has 2 atom stereocenters. The zero-order valence-electron chi connectivity index (χ0n) is 19.8.